The lowest BCUT2D eigenvalue weighted by Gasteiger charge is -2.07. The monoisotopic (exact) mass is 397 g/mol. The number of aromatic nitrogens is 4. The molecule has 0 atom stereocenters. The number of aryl methyl sites for hydroxylation is 1. The minimum atomic E-state index is -0.272. The van der Waals surface area contributed by atoms with Crippen LogP contribution in [0.4, 0.5) is 5.82 Å². The maximum Gasteiger partial charge on any atom is 0.247 e. The Morgan fingerprint density at radius 3 is 2.48 bits per heavy atom. The number of rotatable bonds is 5. The number of anilines is 1. The first-order chi connectivity index (χ1) is 11.9. The summed E-state index contributed by atoms with van der Waals surface area (Å²) in [7, 11) is 0. The maximum absolute atomic E-state index is 12.1. The molecule has 2 heterocycles. The molecule has 25 heavy (non-hydrogen) atoms. The molecule has 3 aromatic rings. The molecule has 0 fully saturated rings. The van der Waals surface area contributed by atoms with Crippen molar-refractivity contribution in [1.29, 1.82) is 0 Å². The number of hydrogen-bond donors (Lipinski definition) is 1. The van der Waals surface area contributed by atoms with Crippen molar-refractivity contribution in [3.8, 4) is 0 Å². The highest BCUT2D eigenvalue weighted by atomic mass is 35.5. The van der Waals surface area contributed by atoms with E-state index in [0.717, 1.165) is 11.1 Å². The van der Waals surface area contributed by atoms with Gasteiger partial charge in [-0.1, -0.05) is 40.9 Å². The van der Waals surface area contributed by atoms with Crippen LogP contribution < -0.4 is 5.32 Å². The summed E-state index contributed by atoms with van der Waals surface area (Å²) in [5.41, 5.74) is 1.71. The number of benzene rings is 1. The van der Waals surface area contributed by atoms with Gasteiger partial charge in [0, 0.05) is 28.0 Å². The summed E-state index contributed by atoms with van der Waals surface area (Å²) < 4.78 is 3.11. The summed E-state index contributed by atoms with van der Waals surface area (Å²) in [6.07, 6.45) is 5.07. The largest absolute Gasteiger partial charge is 0.306 e. The Hall–Kier alpha value is -2.02. The van der Waals surface area contributed by atoms with Gasteiger partial charge in [0.15, 0.2) is 5.82 Å². The molecular formula is C16H14Cl3N5O. The molecule has 0 spiro atoms. The second-order valence-electron chi connectivity index (χ2n) is 5.49. The molecule has 130 valence electrons. The number of hydrogen-bond acceptors (Lipinski definition) is 3. The van der Waals surface area contributed by atoms with Crippen molar-refractivity contribution < 1.29 is 4.79 Å². The van der Waals surface area contributed by atoms with Gasteiger partial charge in [-0.05, 0) is 24.6 Å². The minimum absolute atomic E-state index is 0.0768. The van der Waals surface area contributed by atoms with Gasteiger partial charge in [0.25, 0.3) is 0 Å². The Morgan fingerprint density at radius 1 is 1.12 bits per heavy atom. The lowest BCUT2D eigenvalue weighted by molar-refractivity contribution is -0.116. The van der Waals surface area contributed by atoms with Crippen LogP contribution in [0.2, 0.25) is 15.1 Å². The van der Waals surface area contributed by atoms with E-state index in [1.165, 1.54) is 0 Å². The molecule has 0 aliphatic carbocycles. The second kappa shape index (κ2) is 7.47. The number of carbonyl (C=O) groups is 1. The van der Waals surface area contributed by atoms with Gasteiger partial charge in [-0.25, -0.2) is 0 Å². The first kappa shape index (κ1) is 17.8. The average Bonchev–Trinajstić information content (AvgIpc) is 3.09. The summed E-state index contributed by atoms with van der Waals surface area (Å²) in [4.78, 5) is 12.1. The fraction of sp³-hybridized carbons (Fsp3) is 0.188. The molecule has 0 aliphatic heterocycles. The lowest BCUT2D eigenvalue weighted by Crippen LogP contribution is -2.19. The Kier molecular flexibility index (Phi) is 5.32. The van der Waals surface area contributed by atoms with Crippen molar-refractivity contribution in [3.05, 3.63) is 63.0 Å². The van der Waals surface area contributed by atoms with Crippen molar-refractivity contribution in [2.45, 2.75) is 20.0 Å². The molecule has 0 radical (unpaired) electrons. The fourth-order valence-electron chi connectivity index (χ4n) is 2.28. The second-order valence-corrected chi connectivity index (χ2v) is 6.71. The molecule has 2 aromatic heterocycles. The van der Waals surface area contributed by atoms with Crippen molar-refractivity contribution in [2.24, 2.45) is 0 Å². The van der Waals surface area contributed by atoms with E-state index in [-0.39, 0.29) is 18.3 Å². The van der Waals surface area contributed by atoms with E-state index >= 15 is 0 Å². The number of halogens is 3. The molecule has 9 heteroatoms. The summed E-state index contributed by atoms with van der Waals surface area (Å²) in [5, 5.41) is 12.4. The molecule has 0 saturated carbocycles. The van der Waals surface area contributed by atoms with Crippen molar-refractivity contribution in [2.75, 3.05) is 5.32 Å². The zero-order valence-corrected chi connectivity index (χ0v) is 15.5. The fourth-order valence-corrected chi connectivity index (χ4v) is 2.99. The minimum Gasteiger partial charge on any atom is -0.306 e. The predicted octanol–water partition coefficient (Wildman–Crippen LogP) is 4.04. The van der Waals surface area contributed by atoms with Gasteiger partial charge in [-0.15, -0.1) is 0 Å². The van der Waals surface area contributed by atoms with Gasteiger partial charge in [0.05, 0.1) is 12.7 Å². The van der Waals surface area contributed by atoms with Gasteiger partial charge in [-0.2, -0.15) is 10.2 Å². The Bertz CT molecular complexity index is 898. The zero-order valence-electron chi connectivity index (χ0n) is 13.2. The van der Waals surface area contributed by atoms with Gasteiger partial charge in [-0.3, -0.25) is 14.2 Å². The van der Waals surface area contributed by atoms with Crippen LogP contribution in [-0.2, 0) is 17.9 Å². The third kappa shape index (κ3) is 4.34. The van der Waals surface area contributed by atoms with E-state index in [9.17, 15) is 4.79 Å². The van der Waals surface area contributed by atoms with Crippen LogP contribution in [0.1, 0.15) is 11.1 Å². The van der Waals surface area contributed by atoms with Crippen LogP contribution in [0.15, 0.2) is 36.8 Å². The normalized spacial score (nSPS) is 10.9. The standard InChI is InChI=1S/C16H14Cl3N5O/c1-10-5-20-23(6-10)9-15(25)21-16-14(19)8-24(22-16)7-11-12(17)3-2-4-13(11)18/h2-6,8H,7,9H2,1H3,(H,21,22,25). The molecule has 0 aliphatic rings. The number of nitrogens with one attached hydrogen (secondary N) is 1. The SMILES string of the molecule is Cc1cnn(CC(=O)Nc2nn(Cc3c(Cl)cccc3Cl)cc2Cl)c1. The molecule has 6 nitrogen and oxygen atoms in total. The van der Waals surface area contributed by atoms with Gasteiger partial charge >= 0.3 is 0 Å². The Labute approximate surface area is 159 Å². The van der Waals surface area contributed by atoms with Gasteiger partial charge in [0.2, 0.25) is 5.91 Å². The molecule has 1 aromatic carbocycles. The van der Waals surface area contributed by atoms with Crippen LogP contribution in [-0.4, -0.2) is 25.5 Å². The summed E-state index contributed by atoms with van der Waals surface area (Å²) >= 11 is 18.5. The topological polar surface area (TPSA) is 64.7 Å². The van der Waals surface area contributed by atoms with Crippen LogP contribution in [0, 0.1) is 6.92 Å². The molecule has 3 rings (SSSR count). The first-order valence-electron chi connectivity index (χ1n) is 7.37. The lowest BCUT2D eigenvalue weighted by atomic mass is 10.2. The van der Waals surface area contributed by atoms with E-state index in [1.54, 1.807) is 46.2 Å². The van der Waals surface area contributed by atoms with Crippen LogP contribution in [0.3, 0.4) is 0 Å². The van der Waals surface area contributed by atoms with Crippen molar-refractivity contribution >= 4 is 46.5 Å². The highest BCUT2D eigenvalue weighted by Gasteiger charge is 2.13. The molecule has 1 amide bonds. The third-order valence-electron chi connectivity index (χ3n) is 3.42. The maximum atomic E-state index is 12.1. The zero-order chi connectivity index (χ0) is 18.0. The highest BCUT2D eigenvalue weighted by molar-refractivity contribution is 6.36. The Balaban J connectivity index is 1.71. The molecule has 0 unspecified atom stereocenters. The van der Waals surface area contributed by atoms with E-state index in [1.807, 2.05) is 6.92 Å². The smallest absolute Gasteiger partial charge is 0.247 e. The molecule has 0 saturated heterocycles. The van der Waals surface area contributed by atoms with Gasteiger partial charge < -0.3 is 5.32 Å². The third-order valence-corrected chi connectivity index (χ3v) is 4.41. The molecular weight excluding hydrogens is 385 g/mol. The predicted molar refractivity (Wildman–Crippen MR) is 98.4 cm³/mol. The summed E-state index contributed by atoms with van der Waals surface area (Å²) in [6, 6.07) is 5.28. The molecule has 0 bridgehead atoms. The van der Waals surface area contributed by atoms with Crippen LogP contribution in [0.25, 0.3) is 0 Å². The summed E-state index contributed by atoms with van der Waals surface area (Å²) in [5.74, 6) is 0.00440. The number of nitrogens with zero attached hydrogens (tertiary/aromatic N) is 4. The van der Waals surface area contributed by atoms with Crippen LogP contribution in [0.5, 0.6) is 0 Å². The van der Waals surface area contributed by atoms with E-state index < -0.39 is 0 Å². The quantitative estimate of drug-likeness (QED) is 0.705. The molecule has 1 N–H and O–H groups in total. The van der Waals surface area contributed by atoms with Crippen molar-refractivity contribution in [3.63, 3.8) is 0 Å². The Morgan fingerprint density at radius 2 is 1.84 bits per heavy atom. The van der Waals surface area contributed by atoms with E-state index in [0.29, 0.717) is 21.6 Å². The van der Waals surface area contributed by atoms with E-state index in [4.69, 9.17) is 34.8 Å². The van der Waals surface area contributed by atoms with E-state index in [2.05, 4.69) is 15.5 Å². The highest BCUT2D eigenvalue weighted by Crippen LogP contribution is 2.26. The number of carbonyl (C=O) groups excluding carboxylic acids is 1. The summed E-state index contributed by atoms with van der Waals surface area (Å²) in [6.45, 7) is 2.32. The van der Waals surface area contributed by atoms with Crippen molar-refractivity contribution in [1.82, 2.24) is 19.6 Å². The first-order valence-corrected chi connectivity index (χ1v) is 8.50. The number of amides is 1. The van der Waals surface area contributed by atoms with Crippen LogP contribution >= 0.6 is 34.8 Å². The average molecular weight is 399 g/mol. The van der Waals surface area contributed by atoms with Gasteiger partial charge in [0.1, 0.15) is 11.6 Å².